The number of hydrogen-bond acceptors (Lipinski definition) is 4. The number of rotatable bonds is 2. The van der Waals surface area contributed by atoms with Crippen LogP contribution in [0.25, 0.3) is 0 Å². The van der Waals surface area contributed by atoms with Gasteiger partial charge < -0.3 is 20.5 Å². The molecule has 2 amide bonds. The minimum atomic E-state index is -0.0369. The number of aryl methyl sites for hydroxylation is 2. The number of aromatic hydroxyl groups is 1. The molecule has 0 spiro atoms. The maximum Gasteiger partial charge on any atom is 0.224 e. The van der Waals surface area contributed by atoms with Gasteiger partial charge in [0.25, 0.3) is 0 Å². The minimum Gasteiger partial charge on any atom is -0.506 e. The number of nitrogens with one attached hydrogen (secondary N) is 2. The molecular formula is C24H26Br2N2O4. The van der Waals surface area contributed by atoms with Crippen molar-refractivity contribution >= 4 is 55.0 Å². The van der Waals surface area contributed by atoms with Crippen LogP contribution in [0.5, 0.6) is 11.5 Å². The molecule has 0 atom stereocenters. The van der Waals surface area contributed by atoms with E-state index in [9.17, 15) is 14.7 Å². The Morgan fingerprint density at radius 2 is 1.34 bits per heavy atom. The molecule has 8 heteroatoms. The summed E-state index contributed by atoms with van der Waals surface area (Å²) in [4.78, 5) is 22.6. The Morgan fingerprint density at radius 3 is 2.00 bits per heavy atom. The van der Waals surface area contributed by atoms with Gasteiger partial charge in [-0.25, -0.2) is 0 Å². The average Bonchev–Trinajstić information content (AvgIpc) is 2.76. The highest BCUT2D eigenvalue weighted by atomic mass is 79.9. The molecule has 0 unspecified atom stereocenters. The molecule has 2 heterocycles. The zero-order chi connectivity index (χ0) is 22.7. The fraction of sp³-hybridized carbons (Fsp3) is 0.417. The monoisotopic (exact) mass is 564 g/mol. The number of halogens is 2. The Hall–Kier alpha value is -2.06. The van der Waals surface area contributed by atoms with Gasteiger partial charge in [0, 0.05) is 21.8 Å². The summed E-state index contributed by atoms with van der Waals surface area (Å²) in [7, 11) is 0. The standard InChI is InChI=1S/C15H18BrNO2.C9H8BrNO2/c16-11-8-10-6-7-14(18)17-15(10)13(9-11)19-12-4-2-1-3-5-12;10-6-3-5-1-2-8(13)11-9(5)7(12)4-6/h8-9,12H,1-7H2,(H,17,18);3-4,12H,1-2H2,(H,11,13). The van der Waals surface area contributed by atoms with Crippen LogP contribution >= 0.6 is 31.9 Å². The van der Waals surface area contributed by atoms with Crippen molar-refractivity contribution in [1.82, 2.24) is 0 Å². The number of phenolic OH excluding ortho intramolecular Hbond substituents is 1. The van der Waals surface area contributed by atoms with Crippen LogP contribution in [0.3, 0.4) is 0 Å². The van der Waals surface area contributed by atoms with Gasteiger partial charge >= 0.3 is 0 Å². The van der Waals surface area contributed by atoms with Gasteiger partial charge in [-0.2, -0.15) is 0 Å². The Labute approximate surface area is 204 Å². The van der Waals surface area contributed by atoms with Crippen molar-refractivity contribution in [2.24, 2.45) is 0 Å². The number of carbonyl (C=O) groups is 2. The largest absolute Gasteiger partial charge is 0.506 e. The zero-order valence-corrected chi connectivity index (χ0v) is 20.9. The predicted molar refractivity (Wildman–Crippen MR) is 131 cm³/mol. The number of ether oxygens (including phenoxy) is 1. The molecule has 2 aromatic rings. The molecular weight excluding hydrogens is 540 g/mol. The first kappa shape index (κ1) is 23.1. The van der Waals surface area contributed by atoms with Gasteiger partial charge in [-0.15, -0.1) is 0 Å². The van der Waals surface area contributed by atoms with Gasteiger partial charge in [0.05, 0.1) is 17.5 Å². The lowest BCUT2D eigenvalue weighted by Gasteiger charge is -2.27. The molecule has 1 saturated carbocycles. The number of benzene rings is 2. The van der Waals surface area contributed by atoms with Crippen molar-refractivity contribution in [2.45, 2.75) is 63.9 Å². The molecule has 1 aliphatic carbocycles. The topological polar surface area (TPSA) is 87.7 Å². The lowest BCUT2D eigenvalue weighted by atomic mass is 9.97. The van der Waals surface area contributed by atoms with Crippen LogP contribution < -0.4 is 15.4 Å². The molecule has 1 fully saturated rings. The summed E-state index contributed by atoms with van der Waals surface area (Å²) in [5.41, 5.74) is 3.58. The summed E-state index contributed by atoms with van der Waals surface area (Å²) in [6, 6.07) is 7.53. The van der Waals surface area contributed by atoms with Gasteiger partial charge in [-0.05, 0) is 73.9 Å². The summed E-state index contributed by atoms with van der Waals surface area (Å²) < 4.78 is 7.99. The lowest BCUT2D eigenvalue weighted by Crippen LogP contribution is -2.23. The Kier molecular flexibility index (Phi) is 7.40. The molecule has 6 nitrogen and oxygen atoms in total. The number of carbonyl (C=O) groups excluding carboxylic acids is 2. The van der Waals surface area contributed by atoms with E-state index in [0.717, 1.165) is 45.2 Å². The maximum atomic E-state index is 11.6. The SMILES string of the molecule is O=C1CCc2cc(Br)cc(O)c2N1.O=C1CCc2cc(Br)cc(OC3CCCCC3)c2N1. The Morgan fingerprint density at radius 1 is 0.781 bits per heavy atom. The van der Waals surface area contributed by atoms with Crippen LogP contribution in [0.1, 0.15) is 56.1 Å². The highest BCUT2D eigenvalue weighted by molar-refractivity contribution is 9.10. The summed E-state index contributed by atoms with van der Waals surface area (Å²) in [6.45, 7) is 0. The molecule has 32 heavy (non-hydrogen) atoms. The third-order valence-electron chi connectivity index (χ3n) is 5.93. The van der Waals surface area contributed by atoms with E-state index in [1.807, 2.05) is 12.1 Å². The van der Waals surface area contributed by atoms with E-state index in [1.165, 1.54) is 24.8 Å². The normalized spacial score (nSPS) is 17.8. The van der Waals surface area contributed by atoms with Gasteiger partial charge in [0.1, 0.15) is 11.5 Å². The first-order valence-electron chi connectivity index (χ1n) is 11.0. The van der Waals surface area contributed by atoms with Crippen LogP contribution in [0.15, 0.2) is 33.2 Å². The van der Waals surface area contributed by atoms with Crippen molar-refractivity contribution < 1.29 is 19.4 Å². The molecule has 2 aromatic carbocycles. The van der Waals surface area contributed by atoms with E-state index in [4.69, 9.17) is 4.74 Å². The van der Waals surface area contributed by atoms with Gasteiger partial charge in [-0.3, -0.25) is 9.59 Å². The third kappa shape index (κ3) is 5.64. The predicted octanol–water partition coefficient (Wildman–Crippen LogP) is 6.08. The van der Waals surface area contributed by atoms with Crippen LogP contribution in [0.4, 0.5) is 11.4 Å². The summed E-state index contributed by atoms with van der Waals surface area (Å²) in [5, 5.41) is 15.1. The highest BCUT2D eigenvalue weighted by Crippen LogP contribution is 2.38. The quantitative estimate of drug-likeness (QED) is 0.385. The van der Waals surface area contributed by atoms with E-state index in [-0.39, 0.29) is 17.6 Å². The molecule has 0 aromatic heterocycles. The van der Waals surface area contributed by atoms with Crippen LogP contribution in [0.2, 0.25) is 0 Å². The fourth-order valence-electron chi connectivity index (χ4n) is 4.32. The summed E-state index contributed by atoms with van der Waals surface area (Å²) in [5.74, 6) is 0.996. The van der Waals surface area contributed by atoms with E-state index in [2.05, 4.69) is 48.6 Å². The molecule has 0 bridgehead atoms. The number of amides is 2. The molecule has 0 saturated heterocycles. The van der Waals surface area contributed by atoms with E-state index in [1.54, 1.807) is 6.07 Å². The fourth-order valence-corrected chi connectivity index (χ4v) is 5.30. The second-order valence-corrected chi connectivity index (χ2v) is 10.2. The van der Waals surface area contributed by atoms with E-state index in [0.29, 0.717) is 31.1 Å². The van der Waals surface area contributed by atoms with Gasteiger partial charge in [0.15, 0.2) is 0 Å². The van der Waals surface area contributed by atoms with E-state index >= 15 is 0 Å². The molecule has 2 aliphatic heterocycles. The lowest BCUT2D eigenvalue weighted by molar-refractivity contribution is -0.117. The van der Waals surface area contributed by atoms with Crippen molar-refractivity contribution in [1.29, 1.82) is 0 Å². The van der Waals surface area contributed by atoms with Crippen molar-refractivity contribution in [3.8, 4) is 11.5 Å². The number of fused-ring (bicyclic) bond motifs is 2. The minimum absolute atomic E-state index is 0.0369. The van der Waals surface area contributed by atoms with Gasteiger partial charge in [0.2, 0.25) is 11.8 Å². The zero-order valence-electron chi connectivity index (χ0n) is 17.7. The van der Waals surface area contributed by atoms with Crippen LogP contribution in [-0.4, -0.2) is 23.0 Å². The van der Waals surface area contributed by atoms with Crippen LogP contribution in [-0.2, 0) is 22.4 Å². The molecule has 170 valence electrons. The highest BCUT2D eigenvalue weighted by Gasteiger charge is 2.23. The van der Waals surface area contributed by atoms with Gasteiger partial charge in [-0.1, -0.05) is 38.3 Å². The number of anilines is 2. The molecule has 5 rings (SSSR count). The Balaban J connectivity index is 0.000000165. The molecule has 0 radical (unpaired) electrons. The van der Waals surface area contributed by atoms with E-state index < -0.39 is 0 Å². The summed E-state index contributed by atoms with van der Waals surface area (Å²) >= 11 is 6.81. The first-order chi connectivity index (χ1) is 15.4. The molecule has 3 aliphatic rings. The maximum absolute atomic E-state index is 11.6. The average molecular weight is 566 g/mol. The molecule has 3 N–H and O–H groups in total. The Bertz CT molecular complexity index is 1040. The second kappa shape index (κ2) is 10.3. The first-order valence-corrected chi connectivity index (χ1v) is 12.6. The summed E-state index contributed by atoms with van der Waals surface area (Å²) in [6.07, 6.45) is 8.87. The van der Waals surface area contributed by atoms with Crippen molar-refractivity contribution in [3.63, 3.8) is 0 Å². The van der Waals surface area contributed by atoms with Crippen molar-refractivity contribution in [3.05, 3.63) is 44.3 Å². The third-order valence-corrected chi connectivity index (χ3v) is 6.85. The van der Waals surface area contributed by atoms with Crippen LogP contribution in [0, 0.1) is 0 Å². The smallest absolute Gasteiger partial charge is 0.224 e. The van der Waals surface area contributed by atoms with Crippen molar-refractivity contribution in [2.75, 3.05) is 10.6 Å². The second-order valence-electron chi connectivity index (χ2n) is 8.37. The number of phenols is 1. The number of hydrogen-bond donors (Lipinski definition) is 3.